The molecule has 0 spiro atoms. The Labute approximate surface area is 140 Å². The fraction of sp³-hybridized carbons (Fsp3) is 0.353. The first-order chi connectivity index (χ1) is 11.2. The predicted octanol–water partition coefficient (Wildman–Crippen LogP) is 3.89. The Morgan fingerprint density at radius 2 is 1.74 bits per heavy atom. The fourth-order valence-electron chi connectivity index (χ4n) is 2.66. The summed E-state index contributed by atoms with van der Waals surface area (Å²) in [5, 5.41) is 3.84. The molecule has 0 bridgehead atoms. The van der Waals surface area contributed by atoms with Crippen molar-refractivity contribution in [2.75, 3.05) is 18.4 Å². The van der Waals surface area contributed by atoms with E-state index in [0.29, 0.717) is 16.5 Å². The Balaban J connectivity index is 1.73. The molecule has 1 saturated heterocycles. The lowest BCUT2D eigenvalue weighted by molar-refractivity contribution is 0.0755. The molecule has 1 aliphatic rings. The quantitative estimate of drug-likeness (QED) is 0.927. The van der Waals surface area contributed by atoms with E-state index < -0.39 is 0 Å². The number of carbonyl (C=O) groups excluding carboxylic acids is 1. The van der Waals surface area contributed by atoms with Crippen LogP contribution in [0.25, 0.3) is 0 Å². The number of hydrogen-bond acceptors (Lipinski definition) is 4. The first-order valence-corrected chi connectivity index (χ1v) is 8.24. The van der Waals surface area contributed by atoms with Crippen molar-refractivity contribution in [1.29, 1.82) is 0 Å². The van der Waals surface area contributed by atoms with Gasteiger partial charge in [-0.1, -0.05) is 24.4 Å². The highest BCUT2D eigenvalue weighted by Crippen LogP contribution is 2.18. The number of rotatable bonds is 3. The van der Waals surface area contributed by atoms with E-state index >= 15 is 0 Å². The summed E-state index contributed by atoms with van der Waals surface area (Å²) in [5.41, 5.74) is 1.29. The van der Waals surface area contributed by atoms with Crippen molar-refractivity contribution < 1.29 is 4.79 Å². The van der Waals surface area contributed by atoms with Crippen molar-refractivity contribution in [3.8, 4) is 0 Å². The summed E-state index contributed by atoms with van der Waals surface area (Å²) in [5.74, 6) is 0.578. The maximum absolute atomic E-state index is 12.6. The third-order valence-corrected chi connectivity index (χ3v) is 4.15. The molecular formula is C17H19ClN4O. The molecule has 0 unspecified atom stereocenters. The van der Waals surface area contributed by atoms with Crippen LogP contribution < -0.4 is 5.32 Å². The molecule has 5 nitrogen and oxygen atoms in total. The standard InChI is InChI=1S/C17H19ClN4O/c18-13-5-7-14(8-6-13)21-16-11-15(19-12-20-16)17(23)22-9-3-1-2-4-10-22/h5-8,11-12H,1-4,9-10H2,(H,19,20,21). The average molecular weight is 331 g/mol. The molecule has 2 heterocycles. The summed E-state index contributed by atoms with van der Waals surface area (Å²) in [6.07, 6.45) is 5.93. The van der Waals surface area contributed by atoms with Crippen molar-refractivity contribution in [2.24, 2.45) is 0 Å². The Morgan fingerprint density at radius 1 is 1.04 bits per heavy atom. The molecule has 6 heteroatoms. The van der Waals surface area contributed by atoms with E-state index in [4.69, 9.17) is 11.6 Å². The van der Waals surface area contributed by atoms with Crippen molar-refractivity contribution >= 4 is 29.0 Å². The smallest absolute Gasteiger partial charge is 0.272 e. The number of amides is 1. The minimum atomic E-state index is -0.0199. The van der Waals surface area contributed by atoms with Gasteiger partial charge in [-0.05, 0) is 37.1 Å². The number of carbonyl (C=O) groups is 1. The third-order valence-electron chi connectivity index (χ3n) is 3.90. The lowest BCUT2D eigenvalue weighted by Gasteiger charge is -2.19. The molecule has 1 aromatic carbocycles. The SMILES string of the molecule is O=C(c1cc(Nc2ccc(Cl)cc2)ncn1)N1CCCCCC1. The van der Waals surface area contributed by atoms with Crippen molar-refractivity contribution in [2.45, 2.75) is 25.7 Å². The molecular weight excluding hydrogens is 312 g/mol. The number of aromatic nitrogens is 2. The maximum Gasteiger partial charge on any atom is 0.272 e. The highest BCUT2D eigenvalue weighted by atomic mass is 35.5. The van der Waals surface area contributed by atoms with Gasteiger partial charge in [0.05, 0.1) is 0 Å². The van der Waals surface area contributed by atoms with Gasteiger partial charge in [-0.15, -0.1) is 0 Å². The summed E-state index contributed by atoms with van der Waals surface area (Å²) >= 11 is 5.88. The predicted molar refractivity (Wildman–Crippen MR) is 91.1 cm³/mol. The largest absolute Gasteiger partial charge is 0.340 e. The summed E-state index contributed by atoms with van der Waals surface area (Å²) < 4.78 is 0. The minimum Gasteiger partial charge on any atom is -0.340 e. The number of likely N-dealkylation sites (tertiary alicyclic amines) is 1. The number of anilines is 2. The number of halogens is 1. The van der Waals surface area contributed by atoms with Gasteiger partial charge in [-0.2, -0.15) is 0 Å². The Kier molecular flexibility index (Phi) is 5.08. The zero-order chi connectivity index (χ0) is 16.1. The average Bonchev–Trinajstić information content (AvgIpc) is 2.86. The van der Waals surface area contributed by atoms with Crippen molar-refractivity contribution in [3.63, 3.8) is 0 Å². The van der Waals surface area contributed by atoms with Crippen LogP contribution in [0.1, 0.15) is 36.2 Å². The second-order valence-corrected chi connectivity index (χ2v) is 6.06. The molecule has 0 radical (unpaired) electrons. The van der Waals surface area contributed by atoms with Crippen LogP contribution in [0, 0.1) is 0 Å². The van der Waals surface area contributed by atoms with E-state index in [1.165, 1.54) is 19.2 Å². The van der Waals surface area contributed by atoms with Gasteiger partial charge < -0.3 is 10.2 Å². The van der Waals surface area contributed by atoms with Gasteiger partial charge in [0.1, 0.15) is 17.8 Å². The van der Waals surface area contributed by atoms with Crippen molar-refractivity contribution in [3.05, 3.63) is 47.4 Å². The fourth-order valence-corrected chi connectivity index (χ4v) is 2.79. The summed E-state index contributed by atoms with van der Waals surface area (Å²) in [4.78, 5) is 22.8. The molecule has 0 saturated carbocycles. The molecule has 1 amide bonds. The lowest BCUT2D eigenvalue weighted by Crippen LogP contribution is -2.32. The first-order valence-electron chi connectivity index (χ1n) is 7.86. The topological polar surface area (TPSA) is 58.1 Å². The summed E-state index contributed by atoms with van der Waals surface area (Å²) in [6, 6.07) is 9.02. The van der Waals surface area contributed by atoms with Crippen LogP contribution in [0.3, 0.4) is 0 Å². The van der Waals surface area contributed by atoms with Gasteiger partial charge in [0.25, 0.3) is 5.91 Å². The zero-order valence-corrected chi connectivity index (χ0v) is 13.6. The molecule has 2 aromatic rings. The van der Waals surface area contributed by atoms with Crippen LogP contribution in [0.2, 0.25) is 5.02 Å². The number of nitrogens with one attached hydrogen (secondary N) is 1. The zero-order valence-electron chi connectivity index (χ0n) is 12.8. The molecule has 3 rings (SSSR count). The number of benzene rings is 1. The molecule has 0 atom stereocenters. The van der Waals surface area contributed by atoms with Crippen molar-refractivity contribution in [1.82, 2.24) is 14.9 Å². The highest BCUT2D eigenvalue weighted by Gasteiger charge is 2.18. The lowest BCUT2D eigenvalue weighted by atomic mass is 10.2. The van der Waals surface area contributed by atoms with Gasteiger partial charge in [0, 0.05) is 29.9 Å². The van der Waals surface area contributed by atoms with E-state index in [1.807, 2.05) is 17.0 Å². The molecule has 0 aliphatic carbocycles. The second-order valence-electron chi connectivity index (χ2n) is 5.63. The summed E-state index contributed by atoms with van der Waals surface area (Å²) in [7, 11) is 0. The molecule has 120 valence electrons. The van der Waals surface area contributed by atoms with Gasteiger partial charge >= 0.3 is 0 Å². The molecule has 1 N–H and O–H groups in total. The maximum atomic E-state index is 12.6. The van der Waals surface area contributed by atoms with E-state index in [0.717, 1.165) is 31.6 Å². The van der Waals surface area contributed by atoms with Gasteiger partial charge in [0.15, 0.2) is 0 Å². The summed E-state index contributed by atoms with van der Waals surface area (Å²) in [6.45, 7) is 1.62. The molecule has 1 aromatic heterocycles. The van der Waals surface area contributed by atoms with Crippen LogP contribution in [-0.4, -0.2) is 33.9 Å². The molecule has 1 aliphatic heterocycles. The number of hydrogen-bond donors (Lipinski definition) is 1. The Bertz CT molecular complexity index is 667. The monoisotopic (exact) mass is 330 g/mol. The van der Waals surface area contributed by atoms with Gasteiger partial charge in [-0.25, -0.2) is 9.97 Å². The molecule has 23 heavy (non-hydrogen) atoms. The molecule has 1 fully saturated rings. The normalized spacial score (nSPS) is 15.1. The van der Waals surface area contributed by atoms with E-state index in [-0.39, 0.29) is 5.91 Å². The van der Waals surface area contributed by atoms with Crippen LogP contribution in [0.5, 0.6) is 0 Å². The van der Waals surface area contributed by atoms with E-state index in [2.05, 4.69) is 15.3 Å². The number of nitrogens with zero attached hydrogens (tertiary/aromatic N) is 3. The Hall–Kier alpha value is -2.14. The van der Waals surface area contributed by atoms with Gasteiger partial charge in [-0.3, -0.25) is 4.79 Å². The van der Waals surface area contributed by atoms with Crippen LogP contribution in [-0.2, 0) is 0 Å². The van der Waals surface area contributed by atoms with Crippen LogP contribution >= 0.6 is 11.6 Å². The Morgan fingerprint density at radius 3 is 2.43 bits per heavy atom. The van der Waals surface area contributed by atoms with Gasteiger partial charge in [0.2, 0.25) is 0 Å². The van der Waals surface area contributed by atoms with Crippen LogP contribution in [0.15, 0.2) is 36.7 Å². The second kappa shape index (κ2) is 7.42. The minimum absolute atomic E-state index is 0.0199. The van der Waals surface area contributed by atoms with E-state index in [1.54, 1.807) is 18.2 Å². The van der Waals surface area contributed by atoms with E-state index in [9.17, 15) is 4.79 Å². The highest BCUT2D eigenvalue weighted by molar-refractivity contribution is 6.30. The third kappa shape index (κ3) is 4.20. The first kappa shape index (κ1) is 15.7. The van der Waals surface area contributed by atoms with Crippen LogP contribution in [0.4, 0.5) is 11.5 Å².